The van der Waals surface area contributed by atoms with Crippen LogP contribution in [0.4, 0.5) is 5.82 Å². The van der Waals surface area contributed by atoms with Crippen LogP contribution in [0, 0.1) is 13.8 Å². The lowest BCUT2D eigenvalue weighted by Gasteiger charge is -2.17. The van der Waals surface area contributed by atoms with E-state index in [0.29, 0.717) is 0 Å². The van der Waals surface area contributed by atoms with Gasteiger partial charge in [0.1, 0.15) is 11.9 Å². The van der Waals surface area contributed by atoms with Gasteiger partial charge in [-0.15, -0.1) is 0 Å². The summed E-state index contributed by atoms with van der Waals surface area (Å²) in [6.45, 7) is 4.65. The standard InChI is InChI=1S/C14H19N5O/c1-9-7-13(19-12(16-9)8-10(2)18-19)17-11-5-3-4-6-15-14(11)20/h7-8,11,17H,3-6H2,1-2H3,(H,15,20)/t11-/m1/s1. The van der Waals surface area contributed by atoms with E-state index in [2.05, 4.69) is 20.7 Å². The van der Waals surface area contributed by atoms with Crippen molar-refractivity contribution in [2.24, 2.45) is 0 Å². The van der Waals surface area contributed by atoms with Crippen LogP contribution in [0.3, 0.4) is 0 Å². The fraction of sp³-hybridized carbons (Fsp3) is 0.500. The molecule has 1 saturated heterocycles. The molecule has 0 spiro atoms. The van der Waals surface area contributed by atoms with E-state index < -0.39 is 0 Å². The molecular weight excluding hydrogens is 254 g/mol. The van der Waals surface area contributed by atoms with Crippen LogP contribution in [0.1, 0.15) is 30.7 Å². The van der Waals surface area contributed by atoms with Crippen molar-refractivity contribution in [1.29, 1.82) is 0 Å². The van der Waals surface area contributed by atoms with Gasteiger partial charge in [-0.25, -0.2) is 4.98 Å². The maximum atomic E-state index is 12.0. The summed E-state index contributed by atoms with van der Waals surface area (Å²) in [6.07, 6.45) is 2.92. The Morgan fingerprint density at radius 3 is 3.00 bits per heavy atom. The first kappa shape index (κ1) is 12.9. The predicted molar refractivity (Wildman–Crippen MR) is 76.7 cm³/mol. The average Bonchev–Trinajstić information content (AvgIpc) is 2.64. The van der Waals surface area contributed by atoms with Crippen LogP contribution in [-0.2, 0) is 4.79 Å². The molecule has 1 atom stereocenters. The third-order valence-electron chi connectivity index (χ3n) is 3.53. The quantitative estimate of drug-likeness (QED) is 0.868. The Hall–Kier alpha value is -2.11. The summed E-state index contributed by atoms with van der Waals surface area (Å²) in [5, 5.41) is 10.7. The van der Waals surface area contributed by atoms with Crippen molar-refractivity contribution in [1.82, 2.24) is 19.9 Å². The molecule has 0 bridgehead atoms. The molecule has 2 N–H and O–H groups in total. The van der Waals surface area contributed by atoms with E-state index in [9.17, 15) is 4.79 Å². The number of hydrogen-bond donors (Lipinski definition) is 2. The third-order valence-corrected chi connectivity index (χ3v) is 3.53. The topological polar surface area (TPSA) is 71.3 Å². The third kappa shape index (κ3) is 2.45. The summed E-state index contributed by atoms with van der Waals surface area (Å²) in [5.41, 5.74) is 2.63. The molecule has 0 radical (unpaired) electrons. The molecule has 1 fully saturated rings. The van der Waals surface area contributed by atoms with Gasteiger partial charge >= 0.3 is 0 Å². The molecule has 2 aromatic heterocycles. The Labute approximate surface area is 117 Å². The molecule has 20 heavy (non-hydrogen) atoms. The molecular formula is C14H19N5O. The zero-order chi connectivity index (χ0) is 14.1. The lowest BCUT2D eigenvalue weighted by molar-refractivity contribution is -0.121. The Morgan fingerprint density at radius 2 is 2.15 bits per heavy atom. The smallest absolute Gasteiger partial charge is 0.242 e. The molecule has 0 unspecified atom stereocenters. The summed E-state index contributed by atoms with van der Waals surface area (Å²) >= 11 is 0. The second-order valence-corrected chi connectivity index (χ2v) is 5.32. The summed E-state index contributed by atoms with van der Waals surface area (Å²) < 4.78 is 1.76. The summed E-state index contributed by atoms with van der Waals surface area (Å²) in [7, 11) is 0. The van der Waals surface area contributed by atoms with Crippen molar-refractivity contribution >= 4 is 17.4 Å². The van der Waals surface area contributed by atoms with Gasteiger partial charge in [-0.1, -0.05) is 0 Å². The first-order valence-corrected chi connectivity index (χ1v) is 7.02. The van der Waals surface area contributed by atoms with Crippen LogP contribution in [0.5, 0.6) is 0 Å². The summed E-state index contributed by atoms with van der Waals surface area (Å²) in [4.78, 5) is 16.5. The molecule has 6 nitrogen and oxygen atoms in total. The summed E-state index contributed by atoms with van der Waals surface area (Å²) in [6, 6.07) is 3.66. The lowest BCUT2D eigenvalue weighted by atomic mass is 10.1. The molecule has 0 saturated carbocycles. The highest BCUT2D eigenvalue weighted by Crippen LogP contribution is 2.17. The van der Waals surface area contributed by atoms with Gasteiger partial charge in [-0.2, -0.15) is 9.61 Å². The molecule has 1 aliphatic heterocycles. The highest BCUT2D eigenvalue weighted by molar-refractivity contribution is 5.84. The highest BCUT2D eigenvalue weighted by Gasteiger charge is 2.21. The monoisotopic (exact) mass is 273 g/mol. The number of hydrogen-bond acceptors (Lipinski definition) is 4. The maximum absolute atomic E-state index is 12.0. The number of rotatable bonds is 2. The fourth-order valence-corrected chi connectivity index (χ4v) is 2.57. The van der Waals surface area contributed by atoms with Gasteiger partial charge in [0, 0.05) is 24.4 Å². The molecule has 3 rings (SSSR count). The van der Waals surface area contributed by atoms with Gasteiger partial charge in [-0.3, -0.25) is 4.79 Å². The lowest BCUT2D eigenvalue weighted by Crippen LogP contribution is -2.38. The largest absolute Gasteiger partial charge is 0.358 e. The number of carbonyl (C=O) groups is 1. The van der Waals surface area contributed by atoms with E-state index in [0.717, 1.165) is 48.7 Å². The zero-order valence-corrected chi connectivity index (χ0v) is 11.8. The van der Waals surface area contributed by atoms with Crippen LogP contribution >= 0.6 is 0 Å². The van der Waals surface area contributed by atoms with Crippen molar-refractivity contribution in [2.45, 2.75) is 39.2 Å². The van der Waals surface area contributed by atoms with Crippen molar-refractivity contribution in [2.75, 3.05) is 11.9 Å². The van der Waals surface area contributed by atoms with Gasteiger partial charge in [0.15, 0.2) is 5.65 Å². The minimum absolute atomic E-state index is 0.0639. The molecule has 1 aliphatic rings. The van der Waals surface area contributed by atoms with Crippen LogP contribution in [0.2, 0.25) is 0 Å². The number of carbonyl (C=O) groups excluding carboxylic acids is 1. The molecule has 2 aromatic rings. The van der Waals surface area contributed by atoms with E-state index >= 15 is 0 Å². The van der Waals surface area contributed by atoms with Crippen LogP contribution in [0.25, 0.3) is 5.65 Å². The SMILES string of the molecule is Cc1cc(N[C@@H]2CCCCNC2=O)n2nc(C)cc2n1. The van der Waals surface area contributed by atoms with E-state index in [-0.39, 0.29) is 11.9 Å². The number of nitrogens with zero attached hydrogens (tertiary/aromatic N) is 3. The second-order valence-electron chi connectivity index (χ2n) is 5.32. The van der Waals surface area contributed by atoms with Crippen molar-refractivity contribution in [3.63, 3.8) is 0 Å². The van der Waals surface area contributed by atoms with Crippen LogP contribution in [-0.4, -0.2) is 33.1 Å². The molecule has 3 heterocycles. The predicted octanol–water partition coefficient (Wildman–Crippen LogP) is 1.43. The zero-order valence-electron chi connectivity index (χ0n) is 11.8. The Kier molecular flexibility index (Phi) is 3.30. The first-order valence-electron chi connectivity index (χ1n) is 7.02. The van der Waals surface area contributed by atoms with Gasteiger partial charge in [0.05, 0.1) is 5.69 Å². The second kappa shape index (κ2) is 5.11. The van der Waals surface area contributed by atoms with E-state index in [4.69, 9.17) is 0 Å². The number of aromatic nitrogens is 3. The fourth-order valence-electron chi connectivity index (χ4n) is 2.57. The van der Waals surface area contributed by atoms with Crippen LogP contribution < -0.4 is 10.6 Å². The summed E-state index contributed by atoms with van der Waals surface area (Å²) in [5.74, 6) is 0.886. The Bertz CT molecular complexity index is 648. The molecule has 106 valence electrons. The first-order chi connectivity index (χ1) is 9.63. The van der Waals surface area contributed by atoms with E-state index in [1.165, 1.54) is 0 Å². The normalized spacial score (nSPS) is 19.7. The van der Waals surface area contributed by atoms with Crippen molar-refractivity contribution < 1.29 is 4.79 Å². The molecule has 6 heteroatoms. The minimum atomic E-state index is -0.202. The Morgan fingerprint density at radius 1 is 1.30 bits per heavy atom. The van der Waals surface area contributed by atoms with Crippen molar-refractivity contribution in [3.8, 4) is 0 Å². The number of nitrogens with one attached hydrogen (secondary N) is 2. The number of aryl methyl sites for hydroxylation is 2. The van der Waals surface area contributed by atoms with Crippen molar-refractivity contribution in [3.05, 3.63) is 23.5 Å². The number of amides is 1. The van der Waals surface area contributed by atoms with Gasteiger partial charge in [-0.05, 0) is 33.1 Å². The van der Waals surface area contributed by atoms with Crippen LogP contribution in [0.15, 0.2) is 12.1 Å². The number of anilines is 1. The van der Waals surface area contributed by atoms with E-state index in [1.807, 2.05) is 26.0 Å². The Balaban J connectivity index is 1.94. The van der Waals surface area contributed by atoms with Gasteiger partial charge in [0.2, 0.25) is 5.91 Å². The minimum Gasteiger partial charge on any atom is -0.358 e. The maximum Gasteiger partial charge on any atom is 0.242 e. The highest BCUT2D eigenvalue weighted by atomic mass is 16.2. The number of fused-ring (bicyclic) bond motifs is 1. The molecule has 0 aromatic carbocycles. The van der Waals surface area contributed by atoms with E-state index in [1.54, 1.807) is 4.52 Å². The molecule has 1 amide bonds. The average molecular weight is 273 g/mol. The van der Waals surface area contributed by atoms with Gasteiger partial charge < -0.3 is 10.6 Å². The van der Waals surface area contributed by atoms with Gasteiger partial charge in [0.25, 0.3) is 0 Å². The molecule has 0 aliphatic carbocycles.